The molecule has 3 saturated heterocycles. The Bertz CT molecular complexity index is 2280. The Hall–Kier alpha value is -5.21. The molecule has 7 unspecified atom stereocenters. The van der Waals surface area contributed by atoms with E-state index in [4.69, 9.17) is 18.9 Å². The van der Waals surface area contributed by atoms with Gasteiger partial charge in [-0.2, -0.15) is 12.6 Å². The third-order valence-corrected chi connectivity index (χ3v) is 16.0. The molecule has 0 aromatic rings. The van der Waals surface area contributed by atoms with Crippen LogP contribution in [0.5, 0.6) is 0 Å². The molecule has 3 heterocycles. The summed E-state index contributed by atoms with van der Waals surface area (Å²) < 4.78 is 24.8. The van der Waals surface area contributed by atoms with Gasteiger partial charge < -0.3 is 61.5 Å². The van der Waals surface area contributed by atoms with E-state index in [0.29, 0.717) is 134 Å². The summed E-state index contributed by atoms with van der Waals surface area (Å²) in [5, 5.41) is 24.3. The number of methoxy groups -OCH3 is 2. The molecule has 0 aromatic carbocycles. The van der Waals surface area contributed by atoms with Crippen LogP contribution in [0.15, 0.2) is 46.6 Å². The fourth-order valence-electron chi connectivity index (χ4n) is 11.7. The summed E-state index contributed by atoms with van der Waals surface area (Å²) in [6, 6.07) is 0. The molecule has 3 aliphatic heterocycles. The number of fused-ring (bicyclic) bond motifs is 12. The minimum atomic E-state index is -1.08. The smallest absolute Gasteiger partial charge is 0.249 e. The number of allylic oxidation sites excluding steroid dienone is 4. The quantitative estimate of drug-likeness (QED) is 0.116. The zero-order valence-electron chi connectivity index (χ0n) is 45.6. The number of rotatable bonds is 9. The van der Waals surface area contributed by atoms with Crippen molar-refractivity contribution < 1.29 is 57.3 Å². The van der Waals surface area contributed by atoms with Crippen LogP contribution in [0.3, 0.4) is 0 Å². The molecule has 0 radical (unpaired) electrons. The van der Waals surface area contributed by atoms with E-state index < -0.39 is 66.2 Å². The molecule has 23 nitrogen and oxygen atoms in total. The average Bonchev–Trinajstić information content (AvgIpc) is 3.45. The predicted octanol–water partition coefficient (Wildman–Crippen LogP) is -1.72. The lowest BCUT2D eigenvalue weighted by Gasteiger charge is -2.37. The molecule has 8 bridgehead atoms. The molecule has 7 rings (SSSR count). The van der Waals surface area contributed by atoms with Gasteiger partial charge in [0.2, 0.25) is 47.3 Å². The van der Waals surface area contributed by atoms with E-state index in [0.717, 1.165) is 0 Å². The van der Waals surface area contributed by atoms with Crippen molar-refractivity contribution in [2.45, 2.75) is 89.0 Å². The summed E-state index contributed by atoms with van der Waals surface area (Å²) in [7, 11) is 2.98. The second-order valence-corrected chi connectivity index (χ2v) is 21.3. The molecule has 7 aliphatic rings. The van der Waals surface area contributed by atoms with Crippen molar-refractivity contribution in [3.63, 3.8) is 0 Å². The first-order chi connectivity index (χ1) is 37.8. The molecule has 11 atom stereocenters. The monoisotopic (exact) mass is 1110 g/mol. The molecular formula is C54H83N11O12S. The van der Waals surface area contributed by atoms with E-state index in [1.807, 2.05) is 17.1 Å². The zero-order valence-corrected chi connectivity index (χ0v) is 46.5. The van der Waals surface area contributed by atoms with Crippen molar-refractivity contribution in [2.75, 3.05) is 131 Å². The van der Waals surface area contributed by atoms with Crippen molar-refractivity contribution in [2.24, 2.45) is 23.7 Å². The van der Waals surface area contributed by atoms with Crippen molar-refractivity contribution >= 4 is 59.9 Å². The highest BCUT2D eigenvalue weighted by molar-refractivity contribution is 7.80. The van der Waals surface area contributed by atoms with Crippen LogP contribution < -0.4 is 42.5 Å². The van der Waals surface area contributed by atoms with E-state index >= 15 is 0 Å². The van der Waals surface area contributed by atoms with E-state index in [2.05, 4.69) is 65.0 Å². The average molecular weight is 1110 g/mol. The maximum absolute atomic E-state index is 14.5. The Balaban J connectivity index is 1.20. The van der Waals surface area contributed by atoms with E-state index in [1.165, 1.54) is 14.2 Å². The highest BCUT2D eigenvalue weighted by Crippen LogP contribution is 2.34. The summed E-state index contributed by atoms with van der Waals surface area (Å²) in [5.74, 6) is -4.98. The lowest BCUT2D eigenvalue weighted by atomic mass is 9.84. The maximum atomic E-state index is 14.5. The van der Waals surface area contributed by atoms with E-state index in [1.54, 1.807) is 19.1 Å². The Morgan fingerprint density at radius 3 is 1.56 bits per heavy atom. The summed E-state index contributed by atoms with van der Waals surface area (Å²) in [6.45, 7) is 7.00. The summed E-state index contributed by atoms with van der Waals surface area (Å²) in [4.78, 5) is 118. The Kier molecular flexibility index (Phi) is 23.6. The number of nitrogens with zero attached hydrogens (tertiary/aromatic N) is 3. The zero-order chi connectivity index (χ0) is 55.6. The minimum Gasteiger partial charge on any atom is -0.376 e. The lowest BCUT2D eigenvalue weighted by Crippen LogP contribution is -2.50. The Morgan fingerprint density at radius 1 is 0.564 bits per heavy atom. The van der Waals surface area contributed by atoms with Crippen molar-refractivity contribution in [3.8, 4) is 0 Å². The number of carbonyl (C=O) groups is 8. The standard InChI is InChI=1S/C54H83N11O12S/c1-34-76-45-39-12-6-14-41(45)53(72)60-21-29-64-27-19-56-48(67)36-9-4-8-35(43(36)74-2)47(66)55-16-24-63(25-17-58-51(39)70)26-18-59-52(71)40-13-7-15-42(46(40)77-34)54(73)61-22-30-65(32-31-64)28-20-57-49(68)37-10-5-11-38(44(37)75-3)50(69)62-23-33-78/h8,11-13,34,36-37,41-46,78H,4-7,9-10,14-33H2,1-3H3,(H,55,66)(H,56,67)(H,57,68)(H,58,70)(H,59,71)(H,60,72)(H,61,73)(H,62,69)/t34?,36-,37+,41+,42-,43?,44?,45?,46?/m1/s1. The van der Waals surface area contributed by atoms with E-state index in [9.17, 15) is 38.4 Å². The minimum absolute atomic E-state index is 0.193. The van der Waals surface area contributed by atoms with E-state index in [-0.39, 0.29) is 92.4 Å². The summed E-state index contributed by atoms with van der Waals surface area (Å²) in [5.41, 5.74) is 1.33. The number of amides is 8. The van der Waals surface area contributed by atoms with Crippen LogP contribution in [-0.4, -0.2) is 224 Å². The first kappa shape index (κ1) is 60.4. The number of hydrogen-bond acceptors (Lipinski definition) is 16. The molecular weight excluding hydrogens is 1030 g/mol. The predicted molar refractivity (Wildman–Crippen MR) is 291 cm³/mol. The van der Waals surface area contributed by atoms with Crippen LogP contribution in [0.2, 0.25) is 0 Å². The van der Waals surface area contributed by atoms with Crippen LogP contribution in [0.4, 0.5) is 0 Å². The van der Waals surface area contributed by atoms with Gasteiger partial charge in [0.25, 0.3) is 0 Å². The first-order valence-electron chi connectivity index (χ1n) is 28.0. The fraction of sp³-hybridized carbons (Fsp3) is 0.704. The number of carbonyl (C=O) groups excluding carboxylic acids is 8. The molecule has 0 spiro atoms. The largest absolute Gasteiger partial charge is 0.376 e. The molecule has 8 N–H and O–H groups in total. The number of nitrogens with one attached hydrogen (secondary N) is 8. The Morgan fingerprint density at radius 2 is 1.03 bits per heavy atom. The maximum Gasteiger partial charge on any atom is 0.249 e. The van der Waals surface area contributed by atoms with Crippen LogP contribution >= 0.6 is 12.6 Å². The molecule has 4 aliphatic carbocycles. The highest BCUT2D eigenvalue weighted by Gasteiger charge is 2.43. The van der Waals surface area contributed by atoms with Crippen LogP contribution in [0, 0.1) is 23.7 Å². The van der Waals surface area contributed by atoms with Crippen LogP contribution in [0.25, 0.3) is 0 Å². The molecule has 78 heavy (non-hydrogen) atoms. The first-order valence-corrected chi connectivity index (χ1v) is 28.6. The molecule has 0 saturated carbocycles. The third-order valence-electron chi connectivity index (χ3n) is 15.8. The fourth-order valence-corrected chi connectivity index (χ4v) is 11.8. The van der Waals surface area contributed by atoms with Gasteiger partial charge in [-0.1, -0.05) is 24.3 Å². The summed E-state index contributed by atoms with van der Waals surface area (Å²) >= 11 is 4.20. The van der Waals surface area contributed by atoms with Crippen molar-refractivity contribution in [3.05, 3.63) is 46.6 Å². The lowest BCUT2D eigenvalue weighted by molar-refractivity contribution is -0.193. The Labute approximate surface area is 463 Å². The third kappa shape index (κ3) is 16.2. The molecule has 24 heteroatoms. The SMILES string of the molecule is COC1C(C(=O)NCCS)=CCC[C@@H]1C(=O)NCCN1CCNC(=O)[C@@H]2CCC=C3C(=O)NCCN4CCNC(=O)C5=CCC[C@H](C(=O)NCCN(CCNC(=O)[C@@H]6CCC=C(C(=O)NCC4)C6OC)CC1)C5OC(C)OC32. The highest BCUT2D eigenvalue weighted by atomic mass is 32.1. The van der Waals surface area contributed by atoms with Gasteiger partial charge in [-0.3, -0.25) is 53.1 Å². The number of thiol groups is 1. The van der Waals surface area contributed by atoms with Gasteiger partial charge in [-0.25, -0.2) is 0 Å². The van der Waals surface area contributed by atoms with Gasteiger partial charge in [-0.15, -0.1) is 0 Å². The van der Waals surface area contributed by atoms with Gasteiger partial charge in [-0.05, 0) is 58.3 Å². The number of ether oxygens (including phenoxy) is 4. The molecule has 8 amide bonds. The normalized spacial score (nSPS) is 31.9. The molecule has 3 fully saturated rings. The summed E-state index contributed by atoms with van der Waals surface area (Å²) in [6.07, 6.45) is 6.11. The van der Waals surface area contributed by atoms with Gasteiger partial charge in [0.15, 0.2) is 6.29 Å². The van der Waals surface area contributed by atoms with Gasteiger partial charge in [0, 0.05) is 154 Å². The molecule has 0 aromatic heterocycles. The van der Waals surface area contributed by atoms with Crippen LogP contribution in [-0.2, 0) is 57.3 Å². The second kappa shape index (κ2) is 30.4. The molecule has 432 valence electrons. The van der Waals surface area contributed by atoms with Crippen molar-refractivity contribution in [1.29, 1.82) is 0 Å². The van der Waals surface area contributed by atoms with Gasteiger partial charge in [0.1, 0.15) is 12.2 Å². The van der Waals surface area contributed by atoms with Gasteiger partial charge >= 0.3 is 0 Å². The second-order valence-electron chi connectivity index (χ2n) is 20.8. The number of hydrogen-bond donors (Lipinski definition) is 9. The topological polar surface area (TPSA) is 279 Å². The van der Waals surface area contributed by atoms with Crippen molar-refractivity contribution in [1.82, 2.24) is 57.2 Å². The van der Waals surface area contributed by atoms with Gasteiger partial charge in [0.05, 0.1) is 35.9 Å². The van der Waals surface area contributed by atoms with Crippen LogP contribution in [0.1, 0.15) is 58.3 Å².